The third kappa shape index (κ3) is 5.61. The van der Waals surface area contributed by atoms with Gasteiger partial charge < -0.3 is 20.1 Å². The van der Waals surface area contributed by atoms with Crippen molar-refractivity contribution < 1.29 is 33.0 Å². The molecule has 35 heavy (non-hydrogen) atoms. The number of likely N-dealkylation sites (tertiary alicyclic amines) is 1. The molecule has 0 saturated carbocycles. The standard InChI is InChI=1S/C26H28F2N2O5/c27-26(28)14-22(24(32)33)30(16-26)23(31)12-2-1-7-13-29-25(34)35-15-21-19-10-5-3-8-17(19)18-9-4-6-11-20(18)21/h3-6,8-11,21-22H,1-2,7,12-16H2,(H,29,34)(H,32,33). The molecule has 2 amide bonds. The first-order valence-electron chi connectivity index (χ1n) is 11.8. The van der Waals surface area contributed by atoms with Crippen LogP contribution in [0.25, 0.3) is 11.1 Å². The number of fused-ring (bicyclic) bond motifs is 3. The number of halogens is 2. The Labute approximate surface area is 202 Å². The van der Waals surface area contributed by atoms with Crippen LogP contribution in [0.2, 0.25) is 0 Å². The Kier molecular flexibility index (Phi) is 7.33. The molecular weight excluding hydrogens is 458 g/mol. The number of unbranched alkanes of at least 4 members (excludes halogenated alkanes) is 2. The van der Waals surface area contributed by atoms with Crippen LogP contribution >= 0.6 is 0 Å². The number of aliphatic carboxylic acids is 1. The number of nitrogens with one attached hydrogen (secondary N) is 1. The predicted molar refractivity (Wildman–Crippen MR) is 124 cm³/mol. The summed E-state index contributed by atoms with van der Waals surface area (Å²) in [5, 5.41) is 11.8. The zero-order valence-electron chi connectivity index (χ0n) is 19.2. The fourth-order valence-electron chi connectivity index (χ4n) is 4.86. The summed E-state index contributed by atoms with van der Waals surface area (Å²) in [6, 6.07) is 14.7. The molecule has 1 fully saturated rings. The summed E-state index contributed by atoms with van der Waals surface area (Å²) < 4.78 is 32.5. The van der Waals surface area contributed by atoms with E-state index in [1.807, 2.05) is 36.4 Å². The van der Waals surface area contributed by atoms with Crippen LogP contribution in [0.3, 0.4) is 0 Å². The van der Waals surface area contributed by atoms with Gasteiger partial charge in [0.2, 0.25) is 5.91 Å². The maximum atomic E-state index is 13.5. The van der Waals surface area contributed by atoms with Crippen LogP contribution in [0, 0.1) is 0 Å². The fourth-order valence-corrected chi connectivity index (χ4v) is 4.86. The highest BCUT2D eigenvalue weighted by atomic mass is 19.3. The Morgan fingerprint density at radius 1 is 1.00 bits per heavy atom. The number of alkyl carbamates (subject to hydrolysis) is 1. The Morgan fingerprint density at radius 3 is 2.26 bits per heavy atom. The number of rotatable bonds is 9. The van der Waals surface area contributed by atoms with E-state index in [9.17, 15) is 23.2 Å². The van der Waals surface area contributed by atoms with Crippen molar-refractivity contribution in [1.29, 1.82) is 0 Å². The molecule has 0 radical (unpaired) electrons. The highest BCUT2D eigenvalue weighted by Crippen LogP contribution is 2.44. The van der Waals surface area contributed by atoms with E-state index in [4.69, 9.17) is 9.84 Å². The van der Waals surface area contributed by atoms with Crippen molar-refractivity contribution in [2.24, 2.45) is 0 Å². The summed E-state index contributed by atoms with van der Waals surface area (Å²) in [6.45, 7) is -0.282. The number of hydrogen-bond acceptors (Lipinski definition) is 4. The van der Waals surface area contributed by atoms with Crippen LogP contribution < -0.4 is 5.32 Å². The molecule has 7 nitrogen and oxygen atoms in total. The van der Waals surface area contributed by atoms with E-state index in [0.29, 0.717) is 25.8 Å². The van der Waals surface area contributed by atoms with Gasteiger partial charge in [0, 0.05) is 25.3 Å². The molecule has 2 aliphatic rings. The number of carbonyl (C=O) groups excluding carboxylic acids is 2. The van der Waals surface area contributed by atoms with Crippen molar-refractivity contribution >= 4 is 18.0 Å². The van der Waals surface area contributed by atoms with Gasteiger partial charge in [0.05, 0.1) is 6.54 Å². The molecule has 1 atom stereocenters. The number of hydrogen-bond donors (Lipinski definition) is 2. The number of amides is 2. The molecule has 2 aromatic rings. The molecule has 186 valence electrons. The van der Waals surface area contributed by atoms with Gasteiger partial charge in [-0.05, 0) is 35.1 Å². The normalized spacial score (nSPS) is 18.1. The molecular formula is C26H28F2N2O5. The summed E-state index contributed by atoms with van der Waals surface area (Å²) in [5.41, 5.74) is 4.57. The van der Waals surface area contributed by atoms with Crippen LogP contribution in [-0.4, -0.2) is 59.6 Å². The van der Waals surface area contributed by atoms with E-state index in [0.717, 1.165) is 27.2 Å². The second-order valence-corrected chi connectivity index (χ2v) is 9.00. The van der Waals surface area contributed by atoms with E-state index in [1.54, 1.807) is 0 Å². The van der Waals surface area contributed by atoms with Crippen molar-refractivity contribution in [3.63, 3.8) is 0 Å². The second kappa shape index (κ2) is 10.4. The van der Waals surface area contributed by atoms with Crippen molar-refractivity contribution in [2.75, 3.05) is 19.7 Å². The predicted octanol–water partition coefficient (Wildman–Crippen LogP) is 4.41. The van der Waals surface area contributed by atoms with Crippen LogP contribution in [0.15, 0.2) is 48.5 Å². The Hall–Kier alpha value is -3.49. The van der Waals surface area contributed by atoms with Gasteiger partial charge in [0.15, 0.2) is 0 Å². The minimum atomic E-state index is -3.17. The minimum Gasteiger partial charge on any atom is -0.480 e. The molecule has 1 saturated heterocycles. The van der Waals surface area contributed by atoms with Gasteiger partial charge in [0.1, 0.15) is 12.6 Å². The summed E-state index contributed by atoms with van der Waals surface area (Å²) >= 11 is 0. The summed E-state index contributed by atoms with van der Waals surface area (Å²) in [6.07, 6.45) is 0.196. The topological polar surface area (TPSA) is 95.9 Å². The summed E-state index contributed by atoms with van der Waals surface area (Å²) in [4.78, 5) is 36.3. The number of alkyl halides is 2. The van der Waals surface area contributed by atoms with E-state index < -0.39 is 42.9 Å². The highest BCUT2D eigenvalue weighted by molar-refractivity contribution is 5.84. The molecule has 1 unspecified atom stereocenters. The number of nitrogens with zero attached hydrogens (tertiary/aromatic N) is 1. The fraction of sp³-hybridized carbons (Fsp3) is 0.423. The van der Waals surface area contributed by atoms with Crippen LogP contribution in [-0.2, 0) is 14.3 Å². The number of carboxylic acid groups (broad SMARTS) is 1. The SMILES string of the molecule is O=C(NCCCCCC(=O)N1CC(F)(F)CC1C(=O)O)OCC1c2ccccc2-c2ccccc21. The Morgan fingerprint density at radius 2 is 1.63 bits per heavy atom. The second-order valence-electron chi connectivity index (χ2n) is 9.00. The highest BCUT2D eigenvalue weighted by Gasteiger charge is 2.49. The number of carbonyl (C=O) groups is 3. The first-order chi connectivity index (χ1) is 16.8. The zero-order valence-corrected chi connectivity index (χ0v) is 19.2. The van der Waals surface area contributed by atoms with Crippen molar-refractivity contribution in [3.8, 4) is 11.1 Å². The van der Waals surface area contributed by atoms with Crippen LogP contribution in [0.4, 0.5) is 13.6 Å². The lowest BCUT2D eigenvalue weighted by molar-refractivity contribution is -0.148. The monoisotopic (exact) mass is 486 g/mol. The Bertz CT molecular complexity index is 1060. The smallest absolute Gasteiger partial charge is 0.407 e. The van der Waals surface area contributed by atoms with Crippen molar-refractivity contribution in [2.45, 2.75) is 50.0 Å². The number of ether oxygens (including phenoxy) is 1. The third-order valence-electron chi connectivity index (χ3n) is 6.56. The van der Waals surface area contributed by atoms with Crippen LogP contribution in [0.1, 0.15) is 49.1 Å². The lowest BCUT2D eigenvalue weighted by Gasteiger charge is -2.20. The molecule has 1 heterocycles. The van der Waals surface area contributed by atoms with E-state index >= 15 is 0 Å². The van der Waals surface area contributed by atoms with E-state index in [2.05, 4.69) is 17.4 Å². The van der Waals surface area contributed by atoms with Crippen molar-refractivity contribution in [1.82, 2.24) is 10.2 Å². The molecule has 1 aliphatic heterocycles. The van der Waals surface area contributed by atoms with Gasteiger partial charge in [-0.15, -0.1) is 0 Å². The molecule has 0 aromatic heterocycles. The largest absolute Gasteiger partial charge is 0.480 e. The molecule has 2 aromatic carbocycles. The molecule has 0 spiro atoms. The van der Waals surface area contributed by atoms with Gasteiger partial charge in [0.25, 0.3) is 5.92 Å². The van der Waals surface area contributed by atoms with Gasteiger partial charge in [-0.1, -0.05) is 55.0 Å². The number of carboxylic acids is 1. The average molecular weight is 487 g/mol. The summed E-state index contributed by atoms with van der Waals surface area (Å²) in [5.74, 6) is -5.19. The lowest BCUT2D eigenvalue weighted by atomic mass is 9.98. The number of benzene rings is 2. The quantitative estimate of drug-likeness (QED) is 0.512. The summed E-state index contributed by atoms with van der Waals surface area (Å²) in [7, 11) is 0. The first-order valence-corrected chi connectivity index (χ1v) is 11.8. The van der Waals surface area contributed by atoms with Crippen molar-refractivity contribution in [3.05, 3.63) is 59.7 Å². The third-order valence-corrected chi connectivity index (χ3v) is 6.56. The molecule has 2 N–H and O–H groups in total. The van der Waals surface area contributed by atoms with Gasteiger partial charge in [-0.3, -0.25) is 4.79 Å². The zero-order chi connectivity index (χ0) is 25.0. The molecule has 9 heteroatoms. The maximum absolute atomic E-state index is 13.5. The first kappa shape index (κ1) is 24.6. The van der Waals surface area contributed by atoms with Crippen LogP contribution in [0.5, 0.6) is 0 Å². The molecule has 4 rings (SSSR count). The van der Waals surface area contributed by atoms with E-state index in [-0.39, 0.29) is 18.9 Å². The van der Waals surface area contributed by atoms with Gasteiger partial charge in [-0.25, -0.2) is 18.4 Å². The van der Waals surface area contributed by atoms with Gasteiger partial charge >= 0.3 is 12.1 Å². The van der Waals surface area contributed by atoms with E-state index in [1.165, 1.54) is 0 Å². The lowest BCUT2D eigenvalue weighted by Crippen LogP contribution is -2.40. The molecule has 0 bridgehead atoms. The maximum Gasteiger partial charge on any atom is 0.407 e. The molecule has 1 aliphatic carbocycles. The Balaban J connectivity index is 1.16. The van der Waals surface area contributed by atoms with Gasteiger partial charge in [-0.2, -0.15) is 0 Å². The average Bonchev–Trinajstić information content (AvgIpc) is 3.34. The minimum absolute atomic E-state index is 0.00912.